The van der Waals surface area contributed by atoms with Gasteiger partial charge in [-0.3, -0.25) is 0 Å². The Morgan fingerprint density at radius 1 is 0.950 bits per heavy atom. The maximum Gasteiger partial charge on any atom is 0.0723 e. The number of hydrogen-bond acceptors (Lipinski definition) is 2. The molecule has 110 valence electrons. The normalized spacial score (nSPS) is 22.0. The van der Waals surface area contributed by atoms with Crippen LogP contribution in [0.25, 0.3) is 0 Å². The Hall–Kier alpha value is -0.860. The Kier molecular flexibility index (Phi) is 5.10. The van der Waals surface area contributed by atoms with E-state index in [2.05, 4.69) is 29.6 Å². The molecule has 2 fully saturated rings. The highest BCUT2D eigenvalue weighted by molar-refractivity contribution is 5.30. The van der Waals surface area contributed by atoms with Crippen LogP contribution in [-0.2, 0) is 11.3 Å². The molecule has 2 heteroatoms. The summed E-state index contributed by atoms with van der Waals surface area (Å²) in [7, 11) is 0. The Bertz CT molecular complexity index is 406. The molecule has 0 aromatic heterocycles. The summed E-state index contributed by atoms with van der Waals surface area (Å²) >= 11 is 0. The van der Waals surface area contributed by atoms with Crippen molar-refractivity contribution in [2.75, 3.05) is 13.1 Å². The van der Waals surface area contributed by atoms with Gasteiger partial charge in [-0.1, -0.05) is 43.5 Å². The SMILES string of the molecule is c1ccc(C2CCCCC2)c(COC2CCNCC2)c1. The molecule has 1 N–H and O–H groups in total. The molecule has 0 radical (unpaired) electrons. The summed E-state index contributed by atoms with van der Waals surface area (Å²) in [5, 5.41) is 3.40. The summed E-state index contributed by atoms with van der Waals surface area (Å²) in [4.78, 5) is 0. The van der Waals surface area contributed by atoms with Gasteiger partial charge in [0.1, 0.15) is 0 Å². The van der Waals surface area contributed by atoms with Gasteiger partial charge in [-0.05, 0) is 55.8 Å². The second-order valence-electron chi connectivity index (χ2n) is 6.29. The minimum atomic E-state index is 0.454. The van der Waals surface area contributed by atoms with E-state index < -0.39 is 0 Å². The predicted octanol–water partition coefficient (Wildman–Crippen LogP) is 4.00. The van der Waals surface area contributed by atoms with Crippen LogP contribution in [0.3, 0.4) is 0 Å². The van der Waals surface area contributed by atoms with E-state index in [-0.39, 0.29) is 0 Å². The average molecular weight is 273 g/mol. The fourth-order valence-corrected chi connectivity index (χ4v) is 3.65. The first kappa shape index (κ1) is 14.1. The van der Waals surface area contributed by atoms with Crippen molar-refractivity contribution in [2.24, 2.45) is 0 Å². The second-order valence-corrected chi connectivity index (χ2v) is 6.29. The highest BCUT2D eigenvalue weighted by Crippen LogP contribution is 2.34. The molecule has 1 saturated heterocycles. The van der Waals surface area contributed by atoms with E-state index in [9.17, 15) is 0 Å². The fourth-order valence-electron chi connectivity index (χ4n) is 3.65. The van der Waals surface area contributed by atoms with E-state index in [1.54, 1.807) is 5.56 Å². The maximum absolute atomic E-state index is 6.16. The number of nitrogens with one attached hydrogen (secondary N) is 1. The van der Waals surface area contributed by atoms with E-state index in [0.29, 0.717) is 6.10 Å². The lowest BCUT2D eigenvalue weighted by Gasteiger charge is -2.26. The Morgan fingerprint density at radius 3 is 2.50 bits per heavy atom. The average Bonchev–Trinajstić information content (AvgIpc) is 2.55. The van der Waals surface area contributed by atoms with Gasteiger partial charge in [-0.15, -0.1) is 0 Å². The quantitative estimate of drug-likeness (QED) is 0.895. The summed E-state index contributed by atoms with van der Waals surface area (Å²) < 4.78 is 6.16. The molecule has 0 spiro atoms. The summed E-state index contributed by atoms with van der Waals surface area (Å²) in [6, 6.07) is 8.95. The van der Waals surface area contributed by atoms with E-state index in [0.717, 1.165) is 38.5 Å². The molecule has 0 amide bonds. The molecule has 1 aromatic carbocycles. The molecule has 0 atom stereocenters. The summed E-state index contributed by atoms with van der Waals surface area (Å²) in [6.07, 6.45) is 9.72. The lowest BCUT2D eigenvalue weighted by molar-refractivity contribution is 0.0207. The zero-order valence-corrected chi connectivity index (χ0v) is 12.4. The van der Waals surface area contributed by atoms with Crippen molar-refractivity contribution < 1.29 is 4.74 Å². The van der Waals surface area contributed by atoms with Gasteiger partial charge < -0.3 is 10.1 Å². The molecule has 20 heavy (non-hydrogen) atoms. The van der Waals surface area contributed by atoms with Gasteiger partial charge in [0.15, 0.2) is 0 Å². The zero-order chi connectivity index (χ0) is 13.6. The van der Waals surface area contributed by atoms with Crippen molar-refractivity contribution in [2.45, 2.75) is 63.6 Å². The number of ether oxygens (including phenoxy) is 1. The van der Waals surface area contributed by atoms with Crippen molar-refractivity contribution >= 4 is 0 Å². The second kappa shape index (κ2) is 7.24. The fraction of sp³-hybridized carbons (Fsp3) is 0.667. The van der Waals surface area contributed by atoms with Crippen LogP contribution >= 0.6 is 0 Å². The van der Waals surface area contributed by atoms with Crippen LogP contribution in [0, 0.1) is 0 Å². The molecule has 1 aromatic rings. The van der Waals surface area contributed by atoms with Crippen LogP contribution in [-0.4, -0.2) is 19.2 Å². The first-order chi connectivity index (χ1) is 9.93. The molecule has 1 aliphatic carbocycles. The highest BCUT2D eigenvalue weighted by Gasteiger charge is 2.19. The lowest BCUT2D eigenvalue weighted by atomic mass is 9.82. The predicted molar refractivity (Wildman–Crippen MR) is 82.9 cm³/mol. The molecule has 3 rings (SSSR count). The van der Waals surface area contributed by atoms with E-state index >= 15 is 0 Å². The third-order valence-electron chi connectivity index (χ3n) is 4.86. The molecule has 1 saturated carbocycles. The van der Waals surface area contributed by atoms with Crippen molar-refractivity contribution in [3.8, 4) is 0 Å². The van der Waals surface area contributed by atoms with Crippen LogP contribution in [0.4, 0.5) is 0 Å². The van der Waals surface area contributed by atoms with Crippen molar-refractivity contribution in [1.29, 1.82) is 0 Å². The Morgan fingerprint density at radius 2 is 1.70 bits per heavy atom. The van der Waals surface area contributed by atoms with Gasteiger partial charge in [0, 0.05) is 0 Å². The molecular formula is C18H27NO. The third-order valence-corrected chi connectivity index (χ3v) is 4.86. The van der Waals surface area contributed by atoms with Gasteiger partial charge in [0.25, 0.3) is 0 Å². The minimum Gasteiger partial charge on any atom is -0.373 e. The third kappa shape index (κ3) is 3.62. The van der Waals surface area contributed by atoms with Crippen LogP contribution in [0.2, 0.25) is 0 Å². The summed E-state index contributed by atoms with van der Waals surface area (Å²) in [6.45, 7) is 3.02. The Balaban J connectivity index is 1.62. The number of piperidine rings is 1. The molecule has 1 aliphatic heterocycles. The first-order valence-electron chi connectivity index (χ1n) is 8.33. The van der Waals surface area contributed by atoms with Crippen LogP contribution in [0.15, 0.2) is 24.3 Å². The number of hydrogen-bond donors (Lipinski definition) is 1. The largest absolute Gasteiger partial charge is 0.373 e. The maximum atomic E-state index is 6.16. The Labute approximate surface area is 122 Å². The van der Waals surface area contributed by atoms with Crippen LogP contribution in [0.1, 0.15) is 62.0 Å². The van der Waals surface area contributed by atoms with Crippen molar-refractivity contribution in [3.63, 3.8) is 0 Å². The lowest BCUT2D eigenvalue weighted by Crippen LogP contribution is -2.32. The van der Waals surface area contributed by atoms with Crippen molar-refractivity contribution in [1.82, 2.24) is 5.32 Å². The molecule has 1 heterocycles. The zero-order valence-electron chi connectivity index (χ0n) is 12.4. The molecule has 2 nitrogen and oxygen atoms in total. The standard InChI is InChI=1S/C18H27NO/c1-2-6-15(7-3-1)18-9-5-4-8-16(18)14-20-17-10-12-19-13-11-17/h4-5,8-9,15,17,19H,1-3,6-7,10-14H2. The van der Waals surface area contributed by atoms with Gasteiger partial charge >= 0.3 is 0 Å². The first-order valence-corrected chi connectivity index (χ1v) is 8.33. The molecular weight excluding hydrogens is 246 g/mol. The number of rotatable bonds is 4. The van der Waals surface area contributed by atoms with Crippen molar-refractivity contribution in [3.05, 3.63) is 35.4 Å². The van der Waals surface area contributed by atoms with E-state index in [4.69, 9.17) is 4.74 Å². The summed E-state index contributed by atoms with van der Waals surface area (Å²) in [5.74, 6) is 0.775. The van der Waals surface area contributed by atoms with Gasteiger partial charge in [0.05, 0.1) is 12.7 Å². The molecule has 2 aliphatic rings. The monoisotopic (exact) mass is 273 g/mol. The smallest absolute Gasteiger partial charge is 0.0723 e. The van der Waals surface area contributed by atoms with E-state index in [1.807, 2.05) is 0 Å². The number of benzene rings is 1. The van der Waals surface area contributed by atoms with Gasteiger partial charge in [0.2, 0.25) is 0 Å². The van der Waals surface area contributed by atoms with Gasteiger partial charge in [-0.2, -0.15) is 0 Å². The highest BCUT2D eigenvalue weighted by atomic mass is 16.5. The molecule has 0 unspecified atom stereocenters. The topological polar surface area (TPSA) is 21.3 Å². The van der Waals surface area contributed by atoms with Crippen LogP contribution < -0.4 is 5.32 Å². The van der Waals surface area contributed by atoms with Crippen LogP contribution in [0.5, 0.6) is 0 Å². The van der Waals surface area contributed by atoms with E-state index in [1.165, 1.54) is 37.7 Å². The molecule has 0 bridgehead atoms. The summed E-state index contributed by atoms with van der Waals surface area (Å²) in [5.41, 5.74) is 2.99. The minimum absolute atomic E-state index is 0.454. The van der Waals surface area contributed by atoms with Gasteiger partial charge in [-0.25, -0.2) is 0 Å².